The molecule has 0 radical (unpaired) electrons. The summed E-state index contributed by atoms with van der Waals surface area (Å²) in [5.74, 6) is -0.735. The van der Waals surface area contributed by atoms with Crippen molar-refractivity contribution in [2.24, 2.45) is 0 Å². The summed E-state index contributed by atoms with van der Waals surface area (Å²) in [7, 11) is 0. The number of hydrogen-bond acceptors (Lipinski definition) is 4. The number of rotatable bonds is 2. The molecule has 2 aromatic rings. The van der Waals surface area contributed by atoms with Crippen LogP contribution in [-0.4, -0.2) is 9.97 Å². The fraction of sp³-hybridized carbons (Fsp3) is 0. The van der Waals surface area contributed by atoms with Crippen molar-refractivity contribution < 1.29 is 4.39 Å². The number of nitrogens with zero attached hydrogens (tertiary/aromatic N) is 3. The Kier molecular flexibility index (Phi) is 3.60. The summed E-state index contributed by atoms with van der Waals surface area (Å²) in [6.07, 6.45) is 0.954. The first-order valence-corrected chi connectivity index (χ1v) is 5.50. The van der Waals surface area contributed by atoms with E-state index in [-0.39, 0.29) is 16.1 Å². The summed E-state index contributed by atoms with van der Waals surface area (Å²) in [5.41, 5.74) is 0.830. The van der Waals surface area contributed by atoms with Gasteiger partial charge in [-0.25, -0.2) is 9.37 Å². The average Bonchev–Trinajstić information content (AvgIpc) is 2.36. The Hall–Kier alpha value is -1.90. The maximum atomic E-state index is 13.4. The molecular weight excluding hydrogens is 278 g/mol. The van der Waals surface area contributed by atoms with Crippen molar-refractivity contribution >= 4 is 34.7 Å². The fourth-order valence-corrected chi connectivity index (χ4v) is 1.61. The second-order valence-electron chi connectivity index (χ2n) is 3.27. The van der Waals surface area contributed by atoms with E-state index in [1.807, 2.05) is 6.07 Å². The van der Waals surface area contributed by atoms with Gasteiger partial charge in [0.2, 0.25) is 5.28 Å². The highest BCUT2D eigenvalue weighted by atomic mass is 35.5. The predicted molar refractivity (Wildman–Crippen MR) is 66.4 cm³/mol. The molecule has 0 spiro atoms. The number of nitriles is 1. The molecule has 7 heteroatoms. The van der Waals surface area contributed by atoms with Crippen molar-refractivity contribution in [3.8, 4) is 6.07 Å². The van der Waals surface area contributed by atoms with Gasteiger partial charge in [0.05, 0.1) is 28.5 Å². The van der Waals surface area contributed by atoms with Gasteiger partial charge in [0.25, 0.3) is 0 Å². The zero-order valence-electron chi connectivity index (χ0n) is 8.78. The van der Waals surface area contributed by atoms with Crippen LogP contribution in [0.5, 0.6) is 0 Å². The number of halogens is 3. The molecule has 0 saturated heterocycles. The maximum Gasteiger partial charge on any atom is 0.224 e. The lowest BCUT2D eigenvalue weighted by molar-refractivity contribution is 0.619. The van der Waals surface area contributed by atoms with Crippen LogP contribution < -0.4 is 5.32 Å². The molecule has 0 bridgehead atoms. The van der Waals surface area contributed by atoms with E-state index < -0.39 is 5.82 Å². The summed E-state index contributed by atoms with van der Waals surface area (Å²) in [5, 5.41) is 11.6. The van der Waals surface area contributed by atoms with Gasteiger partial charge in [-0.1, -0.05) is 11.6 Å². The molecule has 0 fully saturated rings. The lowest BCUT2D eigenvalue weighted by atomic mass is 10.2. The minimum absolute atomic E-state index is 0.0799. The lowest BCUT2D eigenvalue weighted by Gasteiger charge is -2.08. The first kappa shape index (κ1) is 12.6. The van der Waals surface area contributed by atoms with E-state index in [4.69, 9.17) is 28.5 Å². The Balaban J connectivity index is 2.34. The number of aromatic nitrogens is 2. The van der Waals surface area contributed by atoms with Gasteiger partial charge in [0.15, 0.2) is 11.6 Å². The molecule has 0 unspecified atom stereocenters. The van der Waals surface area contributed by atoms with Gasteiger partial charge in [-0.05, 0) is 29.8 Å². The zero-order chi connectivity index (χ0) is 13.1. The second kappa shape index (κ2) is 5.17. The molecule has 0 aliphatic rings. The number of nitrogens with one attached hydrogen (secondary N) is 1. The van der Waals surface area contributed by atoms with E-state index in [2.05, 4.69) is 15.3 Å². The van der Waals surface area contributed by atoms with Gasteiger partial charge in [0.1, 0.15) is 0 Å². The zero-order valence-corrected chi connectivity index (χ0v) is 10.3. The molecule has 0 aliphatic carbocycles. The van der Waals surface area contributed by atoms with Crippen molar-refractivity contribution in [2.45, 2.75) is 0 Å². The van der Waals surface area contributed by atoms with E-state index in [1.54, 1.807) is 12.1 Å². The highest BCUT2D eigenvalue weighted by Gasteiger charge is 2.08. The monoisotopic (exact) mass is 282 g/mol. The van der Waals surface area contributed by atoms with Crippen molar-refractivity contribution in [2.75, 3.05) is 5.32 Å². The van der Waals surface area contributed by atoms with Gasteiger partial charge in [-0.3, -0.25) is 0 Å². The number of benzene rings is 1. The third-order valence-electron chi connectivity index (χ3n) is 2.07. The molecule has 2 rings (SSSR count). The molecule has 4 nitrogen and oxygen atoms in total. The van der Waals surface area contributed by atoms with Gasteiger partial charge in [-0.2, -0.15) is 10.2 Å². The molecule has 1 N–H and O–H groups in total. The van der Waals surface area contributed by atoms with Crippen LogP contribution in [0.15, 0.2) is 24.4 Å². The first-order chi connectivity index (χ1) is 8.60. The number of hydrogen-bond donors (Lipinski definition) is 1. The highest BCUT2D eigenvalue weighted by molar-refractivity contribution is 6.33. The first-order valence-electron chi connectivity index (χ1n) is 4.75. The minimum Gasteiger partial charge on any atom is -0.336 e. The third kappa shape index (κ3) is 2.67. The van der Waals surface area contributed by atoms with Gasteiger partial charge < -0.3 is 5.32 Å². The maximum absolute atomic E-state index is 13.4. The lowest BCUT2D eigenvalue weighted by Crippen LogP contribution is -1.99. The predicted octanol–water partition coefficient (Wildman–Crippen LogP) is 3.54. The normalized spacial score (nSPS) is 9.89. The van der Waals surface area contributed by atoms with Crippen LogP contribution in [0.3, 0.4) is 0 Å². The third-order valence-corrected chi connectivity index (χ3v) is 2.56. The van der Waals surface area contributed by atoms with Crippen LogP contribution in [0.4, 0.5) is 15.9 Å². The Morgan fingerprint density at radius 1 is 1.33 bits per heavy atom. The van der Waals surface area contributed by atoms with Crippen molar-refractivity contribution in [1.82, 2.24) is 9.97 Å². The smallest absolute Gasteiger partial charge is 0.224 e. The van der Waals surface area contributed by atoms with Crippen LogP contribution in [-0.2, 0) is 0 Å². The molecule has 0 amide bonds. The summed E-state index contributed by atoms with van der Waals surface area (Å²) < 4.78 is 13.4. The molecule has 1 aromatic carbocycles. The average molecular weight is 283 g/mol. The summed E-state index contributed by atoms with van der Waals surface area (Å²) in [4.78, 5) is 7.19. The molecule has 0 saturated carbocycles. The second-order valence-corrected chi connectivity index (χ2v) is 4.01. The van der Waals surface area contributed by atoms with E-state index in [0.717, 1.165) is 6.20 Å². The van der Waals surface area contributed by atoms with E-state index in [1.165, 1.54) is 6.07 Å². The SMILES string of the molecule is N#Cc1ccc(Nc2nc(Cl)ncc2F)c(Cl)c1. The van der Waals surface area contributed by atoms with Crippen molar-refractivity contribution in [3.63, 3.8) is 0 Å². The van der Waals surface area contributed by atoms with Gasteiger partial charge in [-0.15, -0.1) is 0 Å². The van der Waals surface area contributed by atoms with Crippen LogP contribution >= 0.6 is 23.2 Å². The molecule has 0 aliphatic heterocycles. The molecule has 1 heterocycles. The Labute approximate surface area is 112 Å². The topological polar surface area (TPSA) is 61.6 Å². The van der Waals surface area contributed by atoms with E-state index in [0.29, 0.717) is 11.3 Å². The Bertz CT molecular complexity index is 639. The van der Waals surface area contributed by atoms with Crippen LogP contribution in [0.25, 0.3) is 0 Å². The van der Waals surface area contributed by atoms with E-state index >= 15 is 0 Å². The standard InChI is InChI=1S/C11H5Cl2FN4/c12-7-3-6(4-15)1-2-9(7)17-10-8(14)5-16-11(13)18-10/h1-3,5H,(H,16,17,18). The van der Waals surface area contributed by atoms with E-state index in [9.17, 15) is 4.39 Å². The molecule has 0 atom stereocenters. The van der Waals surface area contributed by atoms with Gasteiger partial charge in [0, 0.05) is 0 Å². The number of anilines is 2. The van der Waals surface area contributed by atoms with Crippen molar-refractivity contribution in [3.05, 3.63) is 46.1 Å². The molecule has 1 aromatic heterocycles. The van der Waals surface area contributed by atoms with Crippen LogP contribution in [0.2, 0.25) is 10.3 Å². The quantitative estimate of drug-likeness (QED) is 0.856. The van der Waals surface area contributed by atoms with Crippen LogP contribution in [0.1, 0.15) is 5.56 Å². The molecular formula is C11H5Cl2FN4. The molecule has 90 valence electrons. The summed E-state index contributed by atoms with van der Waals surface area (Å²) in [6.45, 7) is 0. The van der Waals surface area contributed by atoms with Crippen molar-refractivity contribution in [1.29, 1.82) is 5.26 Å². The summed E-state index contributed by atoms with van der Waals surface area (Å²) in [6, 6.07) is 6.51. The largest absolute Gasteiger partial charge is 0.336 e. The Morgan fingerprint density at radius 2 is 2.11 bits per heavy atom. The highest BCUT2D eigenvalue weighted by Crippen LogP contribution is 2.26. The summed E-state index contributed by atoms with van der Waals surface area (Å²) >= 11 is 11.5. The van der Waals surface area contributed by atoms with Crippen LogP contribution in [0, 0.1) is 17.1 Å². The Morgan fingerprint density at radius 3 is 2.78 bits per heavy atom. The fourth-order valence-electron chi connectivity index (χ4n) is 1.25. The van der Waals surface area contributed by atoms with Gasteiger partial charge >= 0.3 is 0 Å². The minimum atomic E-state index is -0.653. The molecule has 18 heavy (non-hydrogen) atoms.